The first-order chi connectivity index (χ1) is 8.24. The molecule has 0 saturated carbocycles. The average Bonchev–Trinajstić information content (AvgIpc) is 2.32. The molecule has 1 rings (SSSR count). The molecule has 95 valence electrons. The minimum absolute atomic E-state index is 0.651. The molecule has 17 heavy (non-hydrogen) atoms. The molecular formula is C14H24BIN. The van der Waals surface area contributed by atoms with E-state index >= 15 is 0 Å². The maximum atomic E-state index is 3.35. The summed E-state index contributed by atoms with van der Waals surface area (Å²) in [6, 6.07) is 0.651. The fourth-order valence-electron chi connectivity index (χ4n) is 2.28. The van der Waals surface area contributed by atoms with Gasteiger partial charge in [0.05, 0.1) is 0 Å². The highest BCUT2D eigenvalue weighted by atomic mass is 127. The second-order valence-electron chi connectivity index (χ2n) is 5.05. The van der Waals surface area contributed by atoms with Gasteiger partial charge in [0.2, 0.25) is 7.41 Å². The van der Waals surface area contributed by atoms with Crippen molar-refractivity contribution >= 4 is 30.3 Å². The van der Waals surface area contributed by atoms with Crippen LogP contribution in [0.15, 0.2) is 17.9 Å². The Bertz CT molecular complexity index is 261. The largest absolute Gasteiger partial charge is 0.290 e. The van der Waals surface area contributed by atoms with E-state index in [9.17, 15) is 0 Å². The van der Waals surface area contributed by atoms with E-state index < -0.39 is 0 Å². The van der Waals surface area contributed by atoms with Crippen molar-refractivity contribution in [2.24, 2.45) is 5.92 Å². The average molecular weight is 344 g/mol. The fraction of sp³-hybridized carbons (Fsp3) is 0.786. The van der Waals surface area contributed by atoms with E-state index in [0.29, 0.717) is 6.04 Å². The van der Waals surface area contributed by atoms with Gasteiger partial charge in [0, 0.05) is 28.9 Å². The molecule has 0 aromatic carbocycles. The molecule has 1 aliphatic carbocycles. The Morgan fingerprint density at radius 2 is 1.88 bits per heavy atom. The Hall–Kier alpha value is 0.275. The van der Waals surface area contributed by atoms with E-state index in [4.69, 9.17) is 0 Å². The standard InChI is InChI=1S/C14H24BIN/c1-13-9-5-3-7-11-14(17(16)15-2)12-8-4-6-10-13/h6,8,13-14H,3,5,7,9-12H2,1-2H3. The van der Waals surface area contributed by atoms with E-state index in [1.165, 1.54) is 38.5 Å². The molecular weight excluding hydrogens is 320 g/mol. The SMILES string of the molecule is C[B]N(I)C1CC=C=CCC(C)CCCCC1. The van der Waals surface area contributed by atoms with Gasteiger partial charge in [-0.2, -0.15) is 0 Å². The zero-order valence-electron chi connectivity index (χ0n) is 11.2. The van der Waals surface area contributed by atoms with Crippen LogP contribution in [0.3, 0.4) is 0 Å². The number of hydrogen-bond donors (Lipinski definition) is 0. The highest BCUT2D eigenvalue weighted by molar-refractivity contribution is 14.1. The van der Waals surface area contributed by atoms with Crippen LogP contribution in [0, 0.1) is 5.92 Å². The molecule has 0 N–H and O–H groups in total. The summed E-state index contributed by atoms with van der Waals surface area (Å²) in [5.74, 6) is 0.830. The second-order valence-corrected chi connectivity index (χ2v) is 6.16. The van der Waals surface area contributed by atoms with Gasteiger partial charge in [-0.3, -0.25) is 3.02 Å². The van der Waals surface area contributed by atoms with Gasteiger partial charge in [-0.05, 0) is 37.3 Å². The van der Waals surface area contributed by atoms with Crippen LogP contribution in [0.4, 0.5) is 0 Å². The molecule has 0 fully saturated rings. The predicted molar refractivity (Wildman–Crippen MR) is 85.4 cm³/mol. The minimum atomic E-state index is 0.651. The van der Waals surface area contributed by atoms with Crippen LogP contribution in [0.5, 0.6) is 0 Å². The first-order valence-corrected chi connectivity index (χ1v) is 7.83. The third-order valence-corrected chi connectivity index (χ3v) is 4.82. The van der Waals surface area contributed by atoms with Gasteiger partial charge in [-0.1, -0.05) is 39.4 Å². The molecule has 0 aromatic heterocycles. The third-order valence-electron chi connectivity index (χ3n) is 3.48. The first-order valence-electron chi connectivity index (χ1n) is 6.87. The van der Waals surface area contributed by atoms with Crippen LogP contribution in [-0.2, 0) is 0 Å². The number of halogens is 1. The quantitative estimate of drug-likeness (QED) is 0.302. The lowest BCUT2D eigenvalue weighted by Gasteiger charge is -2.23. The van der Waals surface area contributed by atoms with E-state index in [0.717, 1.165) is 12.3 Å². The molecule has 0 amide bonds. The van der Waals surface area contributed by atoms with E-state index in [1.54, 1.807) is 0 Å². The highest BCUT2D eigenvalue weighted by Gasteiger charge is 2.13. The Kier molecular flexibility index (Phi) is 8.33. The molecule has 1 radical (unpaired) electrons. The van der Waals surface area contributed by atoms with Crippen molar-refractivity contribution in [2.45, 2.75) is 64.7 Å². The minimum Gasteiger partial charge on any atom is -0.290 e. The molecule has 1 aliphatic rings. The summed E-state index contributed by atoms with van der Waals surface area (Å²) in [5, 5.41) is 0. The Labute approximate surface area is 121 Å². The normalized spacial score (nSPS) is 27.5. The highest BCUT2D eigenvalue weighted by Crippen LogP contribution is 2.20. The maximum absolute atomic E-state index is 3.35. The van der Waals surface area contributed by atoms with Crippen LogP contribution >= 0.6 is 22.9 Å². The van der Waals surface area contributed by atoms with Gasteiger partial charge < -0.3 is 0 Å². The number of rotatable bonds is 2. The van der Waals surface area contributed by atoms with Crippen LogP contribution in [0.2, 0.25) is 6.82 Å². The van der Waals surface area contributed by atoms with Crippen molar-refractivity contribution in [1.82, 2.24) is 3.02 Å². The van der Waals surface area contributed by atoms with Crippen molar-refractivity contribution in [3.8, 4) is 0 Å². The summed E-state index contributed by atoms with van der Waals surface area (Å²) in [4.78, 5) is 0. The van der Waals surface area contributed by atoms with Gasteiger partial charge in [0.1, 0.15) is 0 Å². The summed E-state index contributed by atoms with van der Waals surface area (Å²) in [6.07, 6.45) is 13.6. The van der Waals surface area contributed by atoms with Crippen molar-refractivity contribution in [2.75, 3.05) is 0 Å². The predicted octanol–water partition coefficient (Wildman–Crippen LogP) is 4.77. The summed E-state index contributed by atoms with van der Waals surface area (Å²) < 4.78 is 2.32. The van der Waals surface area contributed by atoms with E-state index in [2.05, 4.69) is 64.9 Å². The van der Waals surface area contributed by atoms with E-state index in [-0.39, 0.29) is 0 Å². The second kappa shape index (κ2) is 9.24. The smallest absolute Gasteiger partial charge is 0.219 e. The molecule has 3 heteroatoms. The number of nitrogens with zero attached hydrogens (tertiary/aromatic N) is 1. The zero-order valence-corrected chi connectivity index (χ0v) is 13.3. The Balaban J connectivity index is 2.54. The van der Waals surface area contributed by atoms with Gasteiger partial charge in [-0.25, -0.2) is 0 Å². The van der Waals surface area contributed by atoms with Crippen LogP contribution in [0.25, 0.3) is 0 Å². The lowest BCUT2D eigenvalue weighted by molar-refractivity contribution is 0.436. The van der Waals surface area contributed by atoms with Crippen LogP contribution in [-0.4, -0.2) is 16.5 Å². The number of hydrogen-bond acceptors (Lipinski definition) is 1. The molecule has 0 saturated heterocycles. The third kappa shape index (κ3) is 6.68. The molecule has 0 heterocycles. The molecule has 2 atom stereocenters. The monoisotopic (exact) mass is 344 g/mol. The van der Waals surface area contributed by atoms with Crippen molar-refractivity contribution in [3.05, 3.63) is 17.9 Å². The van der Waals surface area contributed by atoms with Crippen molar-refractivity contribution < 1.29 is 0 Å². The van der Waals surface area contributed by atoms with Crippen LogP contribution < -0.4 is 0 Å². The van der Waals surface area contributed by atoms with Crippen molar-refractivity contribution in [1.29, 1.82) is 0 Å². The zero-order chi connectivity index (χ0) is 12.5. The Morgan fingerprint density at radius 1 is 1.18 bits per heavy atom. The van der Waals surface area contributed by atoms with Crippen LogP contribution in [0.1, 0.15) is 51.9 Å². The molecule has 2 unspecified atom stereocenters. The summed E-state index contributed by atoms with van der Waals surface area (Å²) >= 11 is 2.42. The molecule has 0 aliphatic heterocycles. The van der Waals surface area contributed by atoms with Gasteiger partial charge in [-0.15, -0.1) is 5.73 Å². The summed E-state index contributed by atoms with van der Waals surface area (Å²) in [7, 11) is 2.18. The summed E-state index contributed by atoms with van der Waals surface area (Å²) in [5.41, 5.74) is 3.35. The first kappa shape index (κ1) is 15.3. The van der Waals surface area contributed by atoms with Gasteiger partial charge >= 0.3 is 0 Å². The maximum Gasteiger partial charge on any atom is 0.219 e. The van der Waals surface area contributed by atoms with Gasteiger partial charge in [0.25, 0.3) is 0 Å². The topological polar surface area (TPSA) is 3.24 Å². The molecule has 0 spiro atoms. The van der Waals surface area contributed by atoms with Crippen molar-refractivity contribution in [3.63, 3.8) is 0 Å². The Morgan fingerprint density at radius 3 is 2.65 bits per heavy atom. The molecule has 0 bridgehead atoms. The summed E-state index contributed by atoms with van der Waals surface area (Å²) in [6.45, 7) is 4.47. The van der Waals surface area contributed by atoms with E-state index in [1.807, 2.05) is 0 Å². The molecule has 0 aromatic rings. The lowest BCUT2D eigenvalue weighted by atomic mass is 9.93. The fourth-order valence-corrected chi connectivity index (χ4v) is 2.78. The molecule has 1 nitrogen and oxygen atoms in total. The lowest BCUT2D eigenvalue weighted by Crippen LogP contribution is -2.27. The van der Waals surface area contributed by atoms with Gasteiger partial charge in [0.15, 0.2) is 0 Å².